The minimum atomic E-state index is 0.0477. The van der Waals surface area contributed by atoms with Gasteiger partial charge in [-0.3, -0.25) is 9.59 Å². The fourth-order valence-corrected chi connectivity index (χ4v) is 13.1. The van der Waals surface area contributed by atoms with Crippen LogP contribution in [0.4, 0.5) is 0 Å². The Balaban J connectivity index is 1.56. The van der Waals surface area contributed by atoms with Crippen molar-refractivity contribution in [1.82, 2.24) is 0 Å². The molecule has 10 heteroatoms. The number of thioether (sulfide) groups is 8. The Morgan fingerprint density at radius 1 is 0.828 bits per heavy atom. The van der Waals surface area contributed by atoms with Crippen LogP contribution in [0.5, 0.6) is 0 Å². The first-order valence-electron chi connectivity index (χ1n) is 8.73. The van der Waals surface area contributed by atoms with E-state index in [2.05, 4.69) is 27.0 Å². The summed E-state index contributed by atoms with van der Waals surface area (Å²) in [5.41, 5.74) is 0. The van der Waals surface area contributed by atoms with Crippen molar-refractivity contribution >= 4 is 104 Å². The molecule has 2 unspecified atom stereocenters. The molecule has 0 aromatic heterocycles. The zero-order chi connectivity index (χ0) is 21.2. The average molecular weight is 541 g/mol. The summed E-state index contributed by atoms with van der Waals surface area (Å²) in [4.78, 5) is 28.2. The molecule has 2 rings (SSSR count). The molecule has 160 valence electrons. The average Bonchev–Trinajstić information content (AvgIpc) is 3.25. The van der Waals surface area contributed by atoms with Crippen molar-refractivity contribution in [3.63, 3.8) is 0 Å². The molecule has 2 nitrogen and oxygen atoms in total. The van der Waals surface area contributed by atoms with Crippen LogP contribution in [-0.2, 0) is 9.59 Å². The zero-order valence-electron chi connectivity index (χ0n) is 16.3. The van der Waals surface area contributed by atoms with Crippen LogP contribution in [0.25, 0.3) is 0 Å². The highest BCUT2D eigenvalue weighted by Crippen LogP contribution is 2.49. The van der Waals surface area contributed by atoms with Gasteiger partial charge in [0.05, 0.1) is 9.16 Å². The summed E-state index contributed by atoms with van der Waals surface area (Å²) in [7, 11) is 0. The van der Waals surface area contributed by atoms with Crippen LogP contribution >= 0.6 is 94.1 Å². The maximum absolute atomic E-state index is 11.4. The van der Waals surface area contributed by atoms with Crippen molar-refractivity contribution in [2.24, 2.45) is 0 Å². The molecule has 0 saturated carbocycles. The highest BCUT2D eigenvalue weighted by molar-refractivity contribution is 8.27. The molecule has 0 spiro atoms. The fourth-order valence-electron chi connectivity index (χ4n) is 2.20. The van der Waals surface area contributed by atoms with E-state index in [1.807, 2.05) is 70.6 Å². The summed E-state index contributed by atoms with van der Waals surface area (Å²) in [6.07, 6.45) is 2.77. The van der Waals surface area contributed by atoms with Gasteiger partial charge in [-0.25, -0.2) is 0 Å². The van der Waals surface area contributed by atoms with Crippen molar-refractivity contribution in [2.45, 2.75) is 23.0 Å². The monoisotopic (exact) mass is 540 g/mol. The van der Waals surface area contributed by atoms with E-state index >= 15 is 0 Å². The van der Waals surface area contributed by atoms with Crippen molar-refractivity contribution < 1.29 is 9.59 Å². The van der Waals surface area contributed by atoms with Gasteiger partial charge in [-0.05, 0) is 35.8 Å². The Bertz CT molecular complexity index is 642. The van der Waals surface area contributed by atoms with Crippen LogP contribution < -0.4 is 0 Å². The summed E-state index contributed by atoms with van der Waals surface area (Å²) in [5, 5.41) is 1.20. The molecule has 0 fully saturated rings. The quantitative estimate of drug-likeness (QED) is 0.142. The van der Waals surface area contributed by atoms with Crippen LogP contribution in [0.2, 0.25) is 0 Å². The van der Waals surface area contributed by atoms with Gasteiger partial charge in [-0.2, -0.15) is 0 Å². The third-order valence-corrected chi connectivity index (χ3v) is 14.9. The Kier molecular flexibility index (Phi) is 13.0. The first-order valence-corrected chi connectivity index (χ1v) is 16.5. The molecule has 2 heterocycles. The highest BCUT2D eigenvalue weighted by Gasteiger charge is 2.25. The van der Waals surface area contributed by atoms with E-state index in [1.165, 1.54) is 55.3 Å². The van der Waals surface area contributed by atoms with Crippen molar-refractivity contribution in [1.29, 1.82) is 0 Å². The zero-order valence-corrected chi connectivity index (χ0v) is 22.9. The van der Waals surface area contributed by atoms with Gasteiger partial charge in [0.1, 0.15) is 0 Å². The van der Waals surface area contributed by atoms with Gasteiger partial charge in [0, 0.05) is 37.9 Å². The number of rotatable bonds is 12. The molecule has 0 saturated heterocycles. The number of carbonyl (C=O) groups excluding carboxylic acids is 2. The van der Waals surface area contributed by atoms with E-state index in [0.29, 0.717) is 9.16 Å². The lowest BCUT2D eigenvalue weighted by molar-refractivity contribution is -0.107. The van der Waals surface area contributed by atoms with E-state index in [1.54, 1.807) is 0 Å². The SMILES string of the molecule is C=CC(=O)SCC1=C(C)SC(CSCSCC2SC(C)=C(CSC(=O)C=C)S2)S1. The second-order valence-corrected chi connectivity index (χ2v) is 16.2. The summed E-state index contributed by atoms with van der Waals surface area (Å²) in [6.45, 7) is 11.4. The van der Waals surface area contributed by atoms with Crippen LogP contribution in [0, 0.1) is 0 Å². The number of hydrogen-bond donors (Lipinski definition) is 0. The summed E-state index contributed by atoms with van der Waals surface area (Å²) < 4.78 is 1.11. The number of carbonyl (C=O) groups is 2. The lowest BCUT2D eigenvalue weighted by Gasteiger charge is -2.11. The Hall–Kier alpha value is 1.10. The van der Waals surface area contributed by atoms with E-state index in [0.717, 1.165) is 28.1 Å². The van der Waals surface area contributed by atoms with Crippen LogP contribution in [0.15, 0.2) is 44.9 Å². The lowest BCUT2D eigenvalue weighted by Crippen LogP contribution is -2.00. The highest BCUT2D eigenvalue weighted by atomic mass is 32.2. The molecule has 2 aliphatic rings. The maximum Gasteiger partial charge on any atom is 0.211 e. The van der Waals surface area contributed by atoms with Crippen LogP contribution in [0.1, 0.15) is 13.8 Å². The van der Waals surface area contributed by atoms with Gasteiger partial charge < -0.3 is 0 Å². The lowest BCUT2D eigenvalue weighted by atomic mass is 10.6. The molecule has 29 heavy (non-hydrogen) atoms. The standard InChI is InChI=1S/C19H24O2S8/c1-5-16(20)24-7-14-12(3)26-18(28-14)9-22-11-23-10-19-27-13(4)15(29-19)8-25-17(21)6-2/h5-6,18-19H,1-2,7-11H2,3-4H3. The largest absolute Gasteiger partial charge is 0.282 e. The molecule has 0 N–H and O–H groups in total. The molecule has 0 aromatic rings. The van der Waals surface area contributed by atoms with Crippen LogP contribution in [-0.4, -0.2) is 47.5 Å². The Labute approximate surface area is 208 Å². The van der Waals surface area contributed by atoms with Gasteiger partial charge >= 0.3 is 0 Å². The molecule has 0 bridgehead atoms. The molecule has 0 aliphatic carbocycles. The predicted octanol–water partition coefficient (Wildman–Crippen LogP) is 7.38. The van der Waals surface area contributed by atoms with Gasteiger partial charge in [0.15, 0.2) is 0 Å². The van der Waals surface area contributed by atoms with Gasteiger partial charge in [-0.1, -0.05) is 36.7 Å². The second kappa shape index (κ2) is 14.3. The molecule has 0 amide bonds. The maximum atomic E-state index is 11.4. The van der Waals surface area contributed by atoms with Crippen LogP contribution in [0.3, 0.4) is 0 Å². The van der Waals surface area contributed by atoms with E-state index in [-0.39, 0.29) is 10.2 Å². The molecule has 0 aromatic carbocycles. The van der Waals surface area contributed by atoms with E-state index in [4.69, 9.17) is 0 Å². The van der Waals surface area contributed by atoms with Crippen molar-refractivity contribution in [2.75, 3.05) is 28.1 Å². The van der Waals surface area contributed by atoms with E-state index < -0.39 is 0 Å². The molecule has 2 atom stereocenters. The summed E-state index contributed by atoms with van der Waals surface area (Å²) in [5.74, 6) is 3.78. The summed E-state index contributed by atoms with van der Waals surface area (Å²) in [6, 6.07) is 0. The van der Waals surface area contributed by atoms with Crippen molar-refractivity contribution in [3.8, 4) is 0 Å². The fraction of sp³-hybridized carbons (Fsp3) is 0.474. The first kappa shape index (κ1) is 26.4. The molecular formula is C19H24O2S8. The first-order chi connectivity index (χ1) is 13.9. The molecule has 2 aliphatic heterocycles. The smallest absolute Gasteiger partial charge is 0.211 e. The number of allylic oxidation sites excluding steroid dienone is 2. The Morgan fingerprint density at radius 2 is 1.24 bits per heavy atom. The van der Waals surface area contributed by atoms with Gasteiger partial charge in [0.2, 0.25) is 10.2 Å². The van der Waals surface area contributed by atoms with Gasteiger partial charge in [0.25, 0.3) is 0 Å². The minimum absolute atomic E-state index is 0.0477. The third-order valence-electron chi connectivity index (χ3n) is 3.65. The van der Waals surface area contributed by atoms with Gasteiger partial charge in [-0.15, -0.1) is 70.6 Å². The minimum Gasteiger partial charge on any atom is -0.282 e. The third kappa shape index (κ3) is 9.63. The van der Waals surface area contributed by atoms with Crippen molar-refractivity contribution in [3.05, 3.63) is 44.9 Å². The van der Waals surface area contributed by atoms with E-state index in [9.17, 15) is 9.59 Å². The normalized spacial score (nSPS) is 21.7. The number of hydrogen-bond acceptors (Lipinski definition) is 10. The second-order valence-electron chi connectivity index (χ2n) is 5.77. The molecular weight excluding hydrogens is 517 g/mol. The summed E-state index contributed by atoms with van der Waals surface area (Å²) >= 11 is 14.4. The topological polar surface area (TPSA) is 34.1 Å². The molecule has 0 radical (unpaired) electrons. The Morgan fingerprint density at radius 3 is 1.62 bits per heavy atom. The predicted molar refractivity (Wildman–Crippen MR) is 148 cm³/mol.